The maximum absolute atomic E-state index is 12.5. The molecule has 2 heterocycles. The van der Waals surface area contributed by atoms with Gasteiger partial charge in [-0.1, -0.05) is 11.6 Å². The van der Waals surface area contributed by atoms with E-state index in [9.17, 15) is 18.0 Å². The van der Waals surface area contributed by atoms with Crippen LogP contribution in [0.1, 0.15) is 29.6 Å². The van der Waals surface area contributed by atoms with Crippen LogP contribution >= 0.6 is 11.6 Å². The Kier molecular flexibility index (Phi) is 5.81. The molecule has 1 aromatic rings. The standard InChI is InChI=1S/C16H18ClNO7S/c17-12-4-3-10(15(19)25-13-5-7-24-16(13)20)8-14(12)26(21,22)18-9-11-2-1-6-23-11/h3-4,8,11,13,18H,1-2,5-7,9H2/t11-,13+/m1/s1. The zero-order valence-corrected chi connectivity index (χ0v) is 15.3. The van der Waals surface area contributed by atoms with E-state index in [1.807, 2.05) is 0 Å². The van der Waals surface area contributed by atoms with Crippen LogP contribution in [0.3, 0.4) is 0 Å². The van der Waals surface area contributed by atoms with Gasteiger partial charge in [-0.05, 0) is 31.0 Å². The molecule has 1 aromatic carbocycles. The molecule has 0 bridgehead atoms. The zero-order valence-electron chi connectivity index (χ0n) is 13.8. The Hall–Kier alpha value is -1.68. The van der Waals surface area contributed by atoms with Crippen LogP contribution in [0.25, 0.3) is 0 Å². The van der Waals surface area contributed by atoms with E-state index in [1.165, 1.54) is 12.1 Å². The molecule has 8 nitrogen and oxygen atoms in total. The molecular weight excluding hydrogens is 386 g/mol. The van der Waals surface area contributed by atoms with Crippen molar-refractivity contribution in [1.82, 2.24) is 4.72 Å². The molecule has 0 aliphatic carbocycles. The molecule has 0 amide bonds. The van der Waals surface area contributed by atoms with Gasteiger partial charge < -0.3 is 14.2 Å². The molecular formula is C16H18ClNO7S. The van der Waals surface area contributed by atoms with E-state index < -0.39 is 28.1 Å². The lowest BCUT2D eigenvalue weighted by Crippen LogP contribution is -2.32. The van der Waals surface area contributed by atoms with Crippen LogP contribution in [-0.4, -0.2) is 52.3 Å². The molecule has 0 aromatic heterocycles. The average molecular weight is 404 g/mol. The third-order valence-corrected chi connectivity index (χ3v) is 6.02. The van der Waals surface area contributed by atoms with E-state index in [-0.39, 0.29) is 41.2 Å². The third kappa shape index (κ3) is 4.35. The molecule has 1 N–H and O–H groups in total. The number of cyclic esters (lactones) is 1. The van der Waals surface area contributed by atoms with Gasteiger partial charge in [0, 0.05) is 19.6 Å². The number of halogens is 1. The molecule has 10 heteroatoms. The first-order valence-corrected chi connectivity index (χ1v) is 10.0. The highest BCUT2D eigenvalue weighted by Crippen LogP contribution is 2.24. The number of sulfonamides is 1. The van der Waals surface area contributed by atoms with Crippen molar-refractivity contribution in [3.05, 3.63) is 28.8 Å². The molecule has 0 saturated carbocycles. The lowest BCUT2D eigenvalue weighted by molar-refractivity contribution is -0.145. The van der Waals surface area contributed by atoms with Gasteiger partial charge in [-0.3, -0.25) is 0 Å². The first-order chi connectivity index (χ1) is 12.4. The van der Waals surface area contributed by atoms with E-state index in [4.69, 9.17) is 25.8 Å². The SMILES string of the molecule is O=C(O[C@H]1CCOC1=O)c1ccc(Cl)c(S(=O)(=O)NC[C@H]2CCCO2)c1. The second-order valence-electron chi connectivity index (χ2n) is 5.98. The van der Waals surface area contributed by atoms with Gasteiger partial charge in [0.1, 0.15) is 4.90 Å². The van der Waals surface area contributed by atoms with Gasteiger partial charge in [-0.25, -0.2) is 22.7 Å². The monoisotopic (exact) mass is 403 g/mol. The van der Waals surface area contributed by atoms with Crippen molar-refractivity contribution in [2.45, 2.75) is 36.4 Å². The van der Waals surface area contributed by atoms with Crippen molar-refractivity contribution in [3.8, 4) is 0 Å². The van der Waals surface area contributed by atoms with E-state index in [2.05, 4.69) is 4.72 Å². The summed E-state index contributed by atoms with van der Waals surface area (Å²) in [4.78, 5) is 23.4. The summed E-state index contributed by atoms with van der Waals surface area (Å²) in [5.74, 6) is -1.43. The summed E-state index contributed by atoms with van der Waals surface area (Å²) in [7, 11) is -3.93. The number of benzene rings is 1. The van der Waals surface area contributed by atoms with Crippen molar-refractivity contribution in [1.29, 1.82) is 0 Å². The van der Waals surface area contributed by atoms with E-state index in [0.717, 1.165) is 18.9 Å². The first kappa shape index (κ1) is 19.1. The van der Waals surface area contributed by atoms with Crippen LogP contribution in [-0.2, 0) is 29.0 Å². The highest BCUT2D eigenvalue weighted by Gasteiger charge is 2.31. The van der Waals surface area contributed by atoms with E-state index in [0.29, 0.717) is 6.61 Å². The summed E-state index contributed by atoms with van der Waals surface area (Å²) in [6, 6.07) is 3.76. The number of hydrogen-bond acceptors (Lipinski definition) is 7. The molecule has 2 saturated heterocycles. The fourth-order valence-electron chi connectivity index (χ4n) is 2.70. The summed E-state index contributed by atoms with van der Waals surface area (Å²) in [5, 5.41) is -0.0262. The molecule has 2 fully saturated rings. The van der Waals surface area contributed by atoms with E-state index >= 15 is 0 Å². The summed E-state index contributed by atoms with van der Waals surface area (Å²) in [6.45, 7) is 0.920. The molecule has 2 aliphatic rings. The van der Waals surface area contributed by atoms with Crippen molar-refractivity contribution < 1.29 is 32.2 Å². The minimum atomic E-state index is -3.93. The number of carbonyl (C=O) groups excluding carboxylic acids is 2. The van der Waals surface area contributed by atoms with Crippen LogP contribution in [0.5, 0.6) is 0 Å². The van der Waals surface area contributed by atoms with Gasteiger partial charge in [0.05, 0.1) is 23.3 Å². The Bertz CT molecular complexity index is 805. The summed E-state index contributed by atoms with van der Waals surface area (Å²) < 4.78 is 42.6. The number of esters is 2. The van der Waals surface area contributed by atoms with Gasteiger partial charge in [0.25, 0.3) is 0 Å². The molecule has 0 spiro atoms. The second kappa shape index (κ2) is 7.91. The number of hydrogen-bond donors (Lipinski definition) is 1. The van der Waals surface area contributed by atoms with Crippen LogP contribution in [0.15, 0.2) is 23.1 Å². The topological polar surface area (TPSA) is 108 Å². The fraction of sp³-hybridized carbons (Fsp3) is 0.500. The predicted octanol–water partition coefficient (Wildman–Crippen LogP) is 1.27. The molecule has 2 atom stereocenters. The summed E-state index contributed by atoms with van der Waals surface area (Å²) in [5.41, 5.74) is -0.0217. The van der Waals surface area contributed by atoms with Crippen LogP contribution in [0.4, 0.5) is 0 Å². The molecule has 0 radical (unpaired) electrons. The fourth-order valence-corrected chi connectivity index (χ4v) is 4.29. The number of rotatable bonds is 6. The lowest BCUT2D eigenvalue weighted by Gasteiger charge is -2.13. The van der Waals surface area contributed by atoms with E-state index in [1.54, 1.807) is 0 Å². The first-order valence-electron chi connectivity index (χ1n) is 8.15. The number of carbonyl (C=O) groups is 2. The van der Waals surface area contributed by atoms with Gasteiger partial charge >= 0.3 is 11.9 Å². The van der Waals surface area contributed by atoms with Crippen LogP contribution in [0, 0.1) is 0 Å². The molecule has 0 unspecified atom stereocenters. The minimum Gasteiger partial charge on any atom is -0.463 e. The summed E-state index contributed by atoms with van der Waals surface area (Å²) >= 11 is 6.00. The number of nitrogens with one attached hydrogen (secondary N) is 1. The molecule has 142 valence electrons. The highest BCUT2D eigenvalue weighted by atomic mass is 35.5. The lowest BCUT2D eigenvalue weighted by atomic mass is 10.2. The van der Waals surface area contributed by atoms with Gasteiger partial charge in [-0.15, -0.1) is 0 Å². The maximum Gasteiger partial charge on any atom is 0.347 e. The Morgan fingerprint density at radius 2 is 2.12 bits per heavy atom. The smallest absolute Gasteiger partial charge is 0.347 e. The Balaban J connectivity index is 1.73. The highest BCUT2D eigenvalue weighted by molar-refractivity contribution is 7.89. The van der Waals surface area contributed by atoms with Crippen LogP contribution < -0.4 is 4.72 Å². The minimum absolute atomic E-state index is 0.0217. The van der Waals surface area contributed by atoms with Crippen molar-refractivity contribution in [2.75, 3.05) is 19.8 Å². The largest absolute Gasteiger partial charge is 0.463 e. The Morgan fingerprint density at radius 1 is 1.31 bits per heavy atom. The van der Waals surface area contributed by atoms with Crippen molar-refractivity contribution in [3.63, 3.8) is 0 Å². The average Bonchev–Trinajstić information content (AvgIpc) is 3.25. The van der Waals surface area contributed by atoms with Crippen molar-refractivity contribution in [2.24, 2.45) is 0 Å². The number of ether oxygens (including phenoxy) is 3. The Labute approximate surface area is 155 Å². The van der Waals surface area contributed by atoms with Gasteiger partial charge in [0.15, 0.2) is 0 Å². The van der Waals surface area contributed by atoms with Crippen molar-refractivity contribution >= 4 is 33.6 Å². The van der Waals surface area contributed by atoms with Crippen LogP contribution in [0.2, 0.25) is 5.02 Å². The molecule has 3 rings (SSSR count). The molecule has 26 heavy (non-hydrogen) atoms. The third-order valence-electron chi connectivity index (χ3n) is 4.12. The zero-order chi connectivity index (χ0) is 18.7. The summed E-state index contributed by atoms with van der Waals surface area (Å²) in [6.07, 6.45) is 0.783. The quantitative estimate of drug-likeness (QED) is 0.712. The van der Waals surface area contributed by atoms with Gasteiger partial charge in [-0.2, -0.15) is 0 Å². The van der Waals surface area contributed by atoms with Gasteiger partial charge in [0.2, 0.25) is 16.1 Å². The Morgan fingerprint density at radius 3 is 2.77 bits per heavy atom. The molecule has 2 aliphatic heterocycles. The second-order valence-corrected chi connectivity index (χ2v) is 8.12. The predicted molar refractivity (Wildman–Crippen MR) is 90.4 cm³/mol. The normalized spacial score (nSPS) is 23.0. The maximum atomic E-state index is 12.5.